The Morgan fingerprint density at radius 2 is 1.83 bits per heavy atom. The van der Waals surface area contributed by atoms with Crippen molar-refractivity contribution in [2.45, 2.75) is 18.4 Å². The highest BCUT2D eigenvalue weighted by Gasteiger charge is 2.29. The summed E-state index contributed by atoms with van der Waals surface area (Å²) < 4.78 is 0. The fourth-order valence-electron chi connectivity index (χ4n) is 3.29. The van der Waals surface area contributed by atoms with Gasteiger partial charge in [-0.3, -0.25) is 4.79 Å². The lowest BCUT2D eigenvalue weighted by Gasteiger charge is -2.31. The number of anilines is 1. The lowest BCUT2D eigenvalue weighted by Crippen LogP contribution is -2.34. The summed E-state index contributed by atoms with van der Waals surface area (Å²) in [6.45, 7) is 2.36. The van der Waals surface area contributed by atoms with Gasteiger partial charge in [0.05, 0.1) is 23.1 Å². The summed E-state index contributed by atoms with van der Waals surface area (Å²) in [6.07, 6.45) is 1.87. The Bertz CT molecular complexity index is 1120. The van der Waals surface area contributed by atoms with Crippen molar-refractivity contribution in [1.29, 1.82) is 0 Å². The second-order valence-electron chi connectivity index (χ2n) is 6.87. The van der Waals surface area contributed by atoms with Gasteiger partial charge in [0, 0.05) is 4.90 Å². The number of carbonyl (C=O) groups excluding carboxylic acids is 2. The van der Waals surface area contributed by atoms with Gasteiger partial charge in [-0.2, -0.15) is 0 Å². The Labute approximate surface area is 173 Å². The molecule has 0 saturated heterocycles. The number of amides is 1. The van der Waals surface area contributed by atoms with Crippen molar-refractivity contribution in [2.75, 3.05) is 4.90 Å². The summed E-state index contributed by atoms with van der Waals surface area (Å²) in [4.78, 5) is 27.8. The van der Waals surface area contributed by atoms with E-state index in [-0.39, 0.29) is 11.5 Å². The van der Waals surface area contributed by atoms with Crippen LogP contribution in [0, 0.1) is 6.92 Å². The maximum Gasteiger partial charge on any atom is 0.265 e. The van der Waals surface area contributed by atoms with Crippen molar-refractivity contribution in [3.05, 3.63) is 100.0 Å². The molecule has 0 atom stereocenters. The number of carboxylic acids is 1. The lowest BCUT2D eigenvalue weighted by atomic mass is 10.1. The molecule has 0 radical (unpaired) electrons. The number of fused-ring (bicyclic) bond motifs is 1. The molecule has 1 heterocycles. The van der Waals surface area contributed by atoms with Crippen molar-refractivity contribution >= 4 is 35.4 Å². The highest BCUT2D eigenvalue weighted by Crippen LogP contribution is 2.43. The molecule has 0 bridgehead atoms. The quantitative estimate of drug-likeness (QED) is 0.620. The summed E-state index contributed by atoms with van der Waals surface area (Å²) in [7, 11) is 0. The number of hydrogen-bond acceptors (Lipinski definition) is 4. The first kappa shape index (κ1) is 19.0. The van der Waals surface area contributed by atoms with E-state index in [1.54, 1.807) is 11.0 Å². The van der Waals surface area contributed by atoms with E-state index in [9.17, 15) is 14.7 Å². The van der Waals surface area contributed by atoms with E-state index < -0.39 is 5.97 Å². The number of rotatable bonds is 4. The molecule has 0 spiro atoms. The van der Waals surface area contributed by atoms with Gasteiger partial charge in [-0.25, -0.2) is 0 Å². The van der Waals surface area contributed by atoms with Gasteiger partial charge in [0.1, 0.15) is 0 Å². The minimum Gasteiger partial charge on any atom is -0.545 e. The third-order valence-electron chi connectivity index (χ3n) is 4.68. The number of nitrogens with zero attached hydrogens (tertiary/aromatic N) is 1. The van der Waals surface area contributed by atoms with E-state index in [0.29, 0.717) is 17.1 Å². The van der Waals surface area contributed by atoms with Crippen LogP contribution in [0.5, 0.6) is 0 Å². The predicted molar refractivity (Wildman–Crippen MR) is 113 cm³/mol. The molecule has 3 aromatic rings. The summed E-state index contributed by atoms with van der Waals surface area (Å²) in [5, 5.41) is 11.4. The predicted octanol–water partition coefficient (Wildman–Crippen LogP) is 4.04. The van der Waals surface area contributed by atoms with Gasteiger partial charge in [0.25, 0.3) is 5.91 Å². The van der Waals surface area contributed by atoms with E-state index in [4.69, 9.17) is 0 Å². The summed E-state index contributed by atoms with van der Waals surface area (Å²) >= 11 is 1.35. The Balaban J connectivity index is 1.79. The molecule has 0 unspecified atom stereocenters. The van der Waals surface area contributed by atoms with Crippen LogP contribution in [0.1, 0.15) is 27.0 Å². The van der Waals surface area contributed by atoms with Gasteiger partial charge in [-0.15, -0.1) is 0 Å². The van der Waals surface area contributed by atoms with Crippen LogP contribution in [-0.2, 0) is 11.3 Å². The smallest absolute Gasteiger partial charge is 0.265 e. The van der Waals surface area contributed by atoms with E-state index >= 15 is 0 Å². The number of benzene rings is 3. The minimum absolute atomic E-state index is 0.0573. The number of aromatic carboxylic acids is 1. The normalized spacial score (nSPS) is 14.7. The Morgan fingerprint density at radius 3 is 2.55 bits per heavy atom. The lowest BCUT2D eigenvalue weighted by molar-refractivity contribution is -0.255. The Morgan fingerprint density at radius 1 is 1.03 bits per heavy atom. The summed E-state index contributed by atoms with van der Waals surface area (Å²) in [5.41, 5.74) is 3.67. The van der Waals surface area contributed by atoms with Crippen LogP contribution in [-0.4, -0.2) is 11.9 Å². The van der Waals surface area contributed by atoms with E-state index in [0.717, 1.165) is 21.6 Å². The molecular weight excluding hydrogens is 382 g/mol. The molecule has 0 aliphatic carbocycles. The van der Waals surface area contributed by atoms with E-state index in [2.05, 4.69) is 0 Å². The molecule has 0 fully saturated rings. The first-order valence-electron chi connectivity index (χ1n) is 9.19. The van der Waals surface area contributed by atoms with Crippen molar-refractivity contribution in [3.8, 4) is 0 Å². The van der Waals surface area contributed by atoms with Gasteiger partial charge >= 0.3 is 0 Å². The summed E-state index contributed by atoms with van der Waals surface area (Å²) in [6, 6.07) is 22.4. The van der Waals surface area contributed by atoms with Crippen LogP contribution in [0.4, 0.5) is 5.69 Å². The Kier molecular flexibility index (Phi) is 5.23. The number of carboxylic acid groups (broad SMARTS) is 1. The summed E-state index contributed by atoms with van der Waals surface area (Å²) in [5.74, 6) is -1.41. The average molecular weight is 400 g/mol. The molecule has 4 rings (SSSR count). The molecule has 0 saturated carbocycles. The van der Waals surface area contributed by atoms with Crippen LogP contribution in [0.15, 0.2) is 82.6 Å². The van der Waals surface area contributed by atoms with Crippen LogP contribution >= 0.6 is 11.8 Å². The zero-order chi connectivity index (χ0) is 20.4. The first-order chi connectivity index (χ1) is 14.0. The van der Waals surface area contributed by atoms with Crippen molar-refractivity contribution in [2.24, 2.45) is 0 Å². The zero-order valence-corrected chi connectivity index (χ0v) is 16.6. The molecule has 1 aliphatic rings. The standard InChI is InChI=1S/C24H19NO3S/c1-16-6-5-9-18(12-16)15-25-20-14-19(24(27)28)10-11-21(20)29-22(23(25)26)13-17-7-3-2-4-8-17/h2-14H,15H2,1H3,(H,27,28)/p-1. The highest BCUT2D eigenvalue weighted by atomic mass is 32.2. The third kappa shape index (κ3) is 4.10. The fraction of sp³-hybridized carbons (Fsp3) is 0.0833. The second kappa shape index (κ2) is 7.97. The van der Waals surface area contributed by atoms with Crippen LogP contribution < -0.4 is 10.0 Å². The minimum atomic E-state index is -1.26. The third-order valence-corrected chi connectivity index (χ3v) is 5.76. The van der Waals surface area contributed by atoms with Gasteiger partial charge in [0.2, 0.25) is 0 Å². The maximum atomic E-state index is 13.3. The molecule has 29 heavy (non-hydrogen) atoms. The first-order valence-corrected chi connectivity index (χ1v) is 10.0. The molecule has 3 aromatic carbocycles. The number of carbonyl (C=O) groups is 2. The molecule has 144 valence electrons. The van der Waals surface area contributed by atoms with E-state index in [1.165, 1.54) is 23.9 Å². The SMILES string of the molecule is Cc1cccc(CN2C(=O)C(=Cc3ccccc3)Sc3ccc(C(=O)[O-])cc32)c1. The van der Waals surface area contributed by atoms with Crippen molar-refractivity contribution in [3.63, 3.8) is 0 Å². The molecule has 0 N–H and O–H groups in total. The van der Waals surface area contributed by atoms with Crippen LogP contribution in [0.3, 0.4) is 0 Å². The molecule has 5 heteroatoms. The Hall–Kier alpha value is -3.31. The number of aryl methyl sites for hydroxylation is 1. The number of thioether (sulfide) groups is 1. The van der Waals surface area contributed by atoms with Gasteiger partial charge in [0.15, 0.2) is 0 Å². The molecule has 1 amide bonds. The molecule has 1 aliphatic heterocycles. The van der Waals surface area contributed by atoms with Gasteiger partial charge in [-0.1, -0.05) is 78.0 Å². The van der Waals surface area contributed by atoms with Crippen LogP contribution in [0.2, 0.25) is 0 Å². The second-order valence-corrected chi connectivity index (χ2v) is 7.96. The largest absolute Gasteiger partial charge is 0.545 e. The van der Waals surface area contributed by atoms with Crippen molar-refractivity contribution < 1.29 is 14.7 Å². The van der Waals surface area contributed by atoms with Crippen molar-refractivity contribution in [1.82, 2.24) is 0 Å². The van der Waals surface area contributed by atoms with Crippen LogP contribution in [0.25, 0.3) is 6.08 Å². The van der Waals surface area contributed by atoms with E-state index in [1.807, 2.05) is 67.6 Å². The topological polar surface area (TPSA) is 60.4 Å². The molecule has 4 nitrogen and oxygen atoms in total. The molecular formula is C24H18NO3S-. The maximum absolute atomic E-state index is 13.3. The number of hydrogen-bond donors (Lipinski definition) is 0. The highest BCUT2D eigenvalue weighted by molar-refractivity contribution is 8.04. The van der Waals surface area contributed by atoms with Gasteiger partial charge in [-0.05, 0) is 41.8 Å². The zero-order valence-electron chi connectivity index (χ0n) is 15.8. The average Bonchev–Trinajstić information content (AvgIpc) is 2.71. The molecule has 0 aromatic heterocycles. The fourth-order valence-corrected chi connectivity index (χ4v) is 4.33. The van der Waals surface area contributed by atoms with Gasteiger partial charge < -0.3 is 14.8 Å². The monoisotopic (exact) mass is 400 g/mol.